The molecule has 0 fully saturated rings. The van der Waals surface area contributed by atoms with Gasteiger partial charge in [-0.05, 0) is 26.0 Å². The highest BCUT2D eigenvalue weighted by Gasteiger charge is 2.11. The van der Waals surface area contributed by atoms with Crippen LogP contribution in [0.5, 0.6) is 17.4 Å². The van der Waals surface area contributed by atoms with Gasteiger partial charge in [0.25, 0.3) is 5.88 Å². The minimum atomic E-state index is -0.301. The summed E-state index contributed by atoms with van der Waals surface area (Å²) >= 11 is 0. The number of anilines is 1. The Morgan fingerprint density at radius 2 is 2.10 bits per heavy atom. The lowest BCUT2D eigenvalue weighted by atomic mass is 10.3. The van der Waals surface area contributed by atoms with E-state index >= 15 is 0 Å². The van der Waals surface area contributed by atoms with Gasteiger partial charge in [-0.25, -0.2) is 4.98 Å². The van der Waals surface area contributed by atoms with Crippen LogP contribution in [0.3, 0.4) is 0 Å². The Bertz CT molecular complexity index is 665. The van der Waals surface area contributed by atoms with E-state index in [2.05, 4.69) is 4.98 Å². The number of nitrogen functional groups attached to an aromatic ring is 1. The van der Waals surface area contributed by atoms with Crippen molar-refractivity contribution in [2.75, 3.05) is 12.8 Å². The summed E-state index contributed by atoms with van der Waals surface area (Å²) in [5.74, 6) is 0.922. The number of nitrogens with zero attached hydrogens (tertiary/aromatic N) is 2. The zero-order valence-corrected chi connectivity index (χ0v) is 11.7. The summed E-state index contributed by atoms with van der Waals surface area (Å²) < 4.78 is 12.2. The van der Waals surface area contributed by atoms with Crippen molar-refractivity contribution >= 4 is 5.69 Å². The molecule has 1 aromatic carbocycles. The normalized spacial score (nSPS) is 10.6. The first-order chi connectivity index (χ1) is 9.52. The van der Waals surface area contributed by atoms with E-state index in [1.807, 2.05) is 13.8 Å². The van der Waals surface area contributed by atoms with Gasteiger partial charge in [-0.2, -0.15) is 0 Å². The number of rotatable bonds is 4. The van der Waals surface area contributed by atoms with Gasteiger partial charge in [0.05, 0.1) is 12.8 Å². The SMILES string of the molecule is COc1ccc(N)c(Oc2nccn(C(C)C)c2=O)c1. The van der Waals surface area contributed by atoms with E-state index in [0.717, 1.165) is 0 Å². The fraction of sp³-hybridized carbons (Fsp3) is 0.286. The number of methoxy groups -OCH3 is 1. The molecule has 0 aliphatic heterocycles. The van der Waals surface area contributed by atoms with E-state index in [1.54, 1.807) is 36.1 Å². The average Bonchev–Trinajstić information content (AvgIpc) is 2.43. The summed E-state index contributed by atoms with van der Waals surface area (Å²) in [7, 11) is 1.54. The molecule has 6 heteroatoms. The van der Waals surface area contributed by atoms with E-state index in [1.165, 1.54) is 6.20 Å². The minimum absolute atomic E-state index is 0.0128. The van der Waals surface area contributed by atoms with Gasteiger partial charge in [-0.1, -0.05) is 0 Å². The Morgan fingerprint density at radius 1 is 1.35 bits per heavy atom. The van der Waals surface area contributed by atoms with Crippen LogP contribution in [0.1, 0.15) is 19.9 Å². The third-order valence-electron chi connectivity index (χ3n) is 2.82. The van der Waals surface area contributed by atoms with E-state index < -0.39 is 0 Å². The molecule has 20 heavy (non-hydrogen) atoms. The smallest absolute Gasteiger partial charge is 0.313 e. The number of benzene rings is 1. The van der Waals surface area contributed by atoms with Crippen molar-refractivity contribution < 1.29 is 9.47 Å². The lowest BCUT2D eigenvalue weighted by molar-refractivity contribution is 0.405. The molecule has 106 valence electrons. The van der Waals surface area contributed by atoms with Gasteiger partial charge in [0, 0.05) is 24.5 Å². The molecule has 0 saturated heterocycles. The molecule has 0 saturated carbocycles. The molecule has 0 aliphatic rings. The van der Waals surface area contributed by atoms with Crippen LogP contribution in [0, 0.1) is 0 Å². The summed E-state index contributed by atoms with van der Waals surface area (Å²) in [5.41, 5.74) is 5.93. The van der Waals surface area contributed by atoms with Crippen LogP contribution >= 0.6 is 0 Å². The summed E-state index contributed by atoms with van der Waals surface area (Å²) in [6.45, 7) is 3.82. The Morgan fingerprint density at radius 3 is 2.75 bits per heavy atom. The van der Waals surface area contributed by atoms with Gasteiger partial charge < -0.3 is 19.8 Å². The van der Waals surface area contributed by atoms with E-state index in [-0.39, 0.29) is 17.5 Å². The molecule has 0 bridgehead atoms. The van der Waals surface area contributed by atoms with Crippen molar-refractivity contribution in [3.8, 4) is 17.4 Å². The van der Waals surface area contributed by atoms with E-state index in [0.29, 0.717) is 17.2 Å². The van der Waals surface area contributed by atoms with Gasteiger partial charge in [0.2, 0.25) is 0 Å². The molecule has 0 radical (unpaired) electrons. The van der Waals surface area contributed by atoms with Crippen molar-refractivity contribution in [3.63, 3.8) is 0 Å². The molecular formula is C14H17N3O3. The lowest BCUT2D eigenvalue weighted by Crippen LogP contribution is -2.23. The molecular weight excluding hydrogens is 258 g/mol. The quantitative estimate of drug-likeness (QED) is 0.865. The summed E-state index contributed by atoms with van der Waals surface area (Å²) in [5, 5.41) is 0. The highest BCUT2D eigenvalue weighted by atomic mass is 16.5. The van der Waals surface area contributed by atoms with Gasteiger partial charge in [0.1, 0.15) is 5.75 Å². The maximum Gasteiger partial charge on any atom is 0.313 e. The molecule has 0 atom stereocenters. The highest BCUT2D eigenvalue weighted by Crippen LogP contribution is 2.29. The second-order valence-corrected chi connectivity index (χ2v) is 4.54. The Hall–Kier alpha value is -2.50. The van der Waals surface area contributed by atoms with Crippen molar-refractivity contribution in [3.05, 3.63) is 40.9 Å². The first-order valence-corrected chi connectivity index (χ1v) is 6.21. The van der Waals surface area contributed by atoms with Gasteiger partial charge >= 0.3 is 5.56 Å². The second-order valence-electron chi connectivity index (χ2n) is 4.54. The zero-order valence-electron chi connectivity index (χ0n) is 11.7. The number of hydrogen-bond acceptors (Lipinski definition) is 5. The third-order valence-corrected chi connectivity index (χ3v) is 2.82. The molecule has 2 aromatic rings. The number of hydrogen-bond donors (Lipinski definition) is 1. The maximum atomic E-state index is 12.2. The van der Waals surface area contributed by atoms with Gasteiger partial charge in [-0.3, -0.25) is 4.79 Å². The maximum absolute atomic E-state index is 12.2. The molecule has 0 unspecified atom stereocenters. The average molecular weight is 275 g/mol. The molecule has 0 amide bonds. The van der Waals surface area contributed by atoms with Crippen LogP contribution in [0.2, 0.25) is 0 Å². The number of aromatic nitrogens is 2. The molecule has 2 rings (SSSR count). The summed E-state index contributed by atoms with van der Waals surface area (Å²) in [6.07, 6.45) is 3.14. The van der Waals surface area contributed by atoms with Crippen molar-refractivity contribution in [1.82, 2.24) is 9.55 Å². The topological polar surface area (TPSA) is 79.4 Å². The molecule has 0 spiro atoms. The van der Waals surface area contributed by atoms with Crippen LogP contribution in [0.4, 0.5) is 5.69 Å². The number of nitrogens with two attached hydrogens (primary N) is 1. The molecule has 6 nitrogen and oxygen atoms in total. The second kappa shape index (κ2) is 5.64. The molecule has 1 aromatic heterocycles. The molecule has 2 N–H and O–H groups in total. The lowest BCUT2D eigenvalue weighted by Gasteiger charge is -2.12. The van der Waals surface area contributed by atoms with E-state index in [9.17, 15) is 4.79 Å². The number of ether oxygens (including phenoxy) is 2. The van der Waals surface area contributed by atoms with Crippen LogP contribution in [0.15, 0.2) is 35.4 Å². The van der Waals surface area contributed by atoms with Crippen molar-refractivity contribution in [2.24, 2.45) is 0 Å². The summed E-state index contributed by atoms with van der Waals surface area (Å²) in [4.78, 5) is 16.1. The first-order valence-electron chi connectivity index (χ1n) is 6.21. The molecule has 1 heterocycles. The predicted molar refractivity (Wildman–Crippen MR) is 76.4 cm³/mol. The Kier molecular flexibility index (Phi) is 3.93. The van der Waals surface area contributed by atoms with Crippen molar-refractivity contribution in [2.45, 2.75) is 19.9 Å². The minimum Gasteiger partial charge on any atom is -0.497 e. The van der Waals surface area contributed by atoms with Crippen LogP contribution in [-0.4, -0.2) is 16.7 Å². The van der Waals surface area contributed by atoms with Crippen LogP contribution < -0.4 is 20.8 Å². The third kappa shape index (κ3) is 2.74. The van der Waals surface area contributed by atoms with Crippen LogP contribution in [0.25, 0.3) is 0 Å². The monoisotopic (exact) mass is 275 g/mol. The summed E-state index contributed by atoms with van der Waals surface area (Å²) in [6, 6.07) is 5.00. The fourth-order valence-electron chi connectivity index (χ4n) is 1.72. The van der Waals surface area contributed by atoms with Crippen LogP contribution in [-0.2, 0) is 0 Å². The van der Waals surface area contributed by atoms with Gasteiger partial charge in [-0.15, -0.1) is 0 Å². The Balaban J connectivity index is 2.40. The zero-order chi connectivity index (χ0) is 14.7. The first kappa shape index (κ1) is 13.9. The highest BCUT2D eigenvalue weighted by molar-refractivity contribution is 5.56. The van der Waals surface area contributed by atoms with Crippen molar-refractivity contribution in [1.29, 1.82) is 0 Å². The van der Waals surface area contributed by atoms with Gasteiger partial charge in [0.15, 0.2) is 5.75 Å². The Labute approximate surface area is 116 Å². The predicted octanol–water partition coefficient (Wildman–Crippen LogP) is 2.21. The molecule has 0 aliphatic carbocycles. The largest absolute Gasteiger partial charge is 0.497 e. The standard InChI is InChI=1S/C14H17N3O3/c1-9(2)17-7-6-16-13(14(17)18)20-12-8-10(19-3)4-5-11(12)15/h4-9H,15H2,1-3H3. The fourth-order valence-corrected chi connectivity index (χ4v) is 1.72. The van der Waals surface area contributed by atoms with E-state index in [4.69, 9.17) is 15.2 Å².